The maximum Gasteiger partial charge on any atom is 0.228 e. The summed E-state index contributed by atoms with van der Waals surface area (Å²) >= 11 is 0. The average molecular weight is 479 g/mol. The van der Waals surface area contributed by atoms with Crippen LogP contribution in [-0.4, -0.2) is 36.5 Å². The minimum Gasteiger partial charge on any atom is -0.326 e. The van der Waals surface area contributed by atoms with Crippen molar-refractivity contribution in [2.75, 3.05) is 16.0 Å². The summed E-state index contributed by atoms with van der Waals surface area (Å²) in [5.74, 6) is 1.50. The molecular weight excluding hydrogens is 456 g/mol. The van der Waals surface area contributed by atoms with Gasteiger partial charge >= 0.3 is 0 Å². The Morgan fingerprint density at radius 3 is 2.33 bits per heavy atom. The molecule has 2 aromatic carbocycles. The number of nitrogens with zero attached hydrogens (tertiary/aromatic N) is 5. The monoisotopic (exact) mass is 478 g/mol. The fourth-order valence-corrected chi connectivity index (χ4v) is 3.82. The van der Waals surface area contributed by atoms with E-state index in [1.165, 1.54) is 13.3 Å². The van der Waals surface area contributed by atoms with Gasteiger partial charge in [-0.1, -0.05) is 18.2 Å². The minimum absolute atomic E-state index is 0.149. The lowest BCUT2D eigenvalue weighted by atomic mass is 10.1. The normalized spacial score (nSPS) is 10.7. The smallest absolute Gasteiger partial charge is 0.228 e. The predicted octanol–water partition coefficient (Wildman–Crippen LogP) is 4.09. The van der Waals surface area contributed by atoms with Gasteiger partial charge in [0.05, 0.1) is 11.9 Å². The Hall–Kier alpha value is -5.12. The third-order valence-electron chi connectivity index (χ3n) is 5.37. The molecule has 0 bridgehead atoms. The Morgan fingerprint density at radius 1 is 0.861 bits per heavy atom. The van der Waals surface area contributed by atoms with Crippen molar-refractivity contribution >= 4 is 45.7 Å². The van der Waals surface area contributed by atoms with E-state index in [1.807, 2.05) is 47.2 Å². The van der Waals surface area contributed by atoms with Crippen LogP contribution in [0.3, 0.4) is 0 Å². The molecule has 0 saturated carbocycles. The largest absolute Gasteiger partial charge is 0.326 e. The third kappa shape index (κ3) is 5.17. The van der Waals surface area contributed by atoms with Gasteiger partial charge in [0.1, 0.15) is 12.1 Å². The Balaban J connectivity index is 1.34. The number of rotatable bonds is 7. The van der Waals surface area contributed by atoms with Crippen molar-refractivity contribution in [3.05, 3.63) is 91.0 Å². The molecule has 36 heavy (non-hydrogen) atoms. The highest BCUT2D eigenvalue weighted by molar-refractivity contribution is 5.96. The van der Waals surface area contributed by atoms with Crippen molar-refractivity contribution < 1.29 is 9.59 Å². The predicted molar refractivity (Wildman–Crippen MR) is 137 cm³/mol. The van der Waals surface area contributed by atoms with Crippen molar-refractivity contribution in [2.24, 2.45) is 0 Å². The van der Waals surface area contributed by atoms with E-state index < -0.39 is 0 Å². The molecule has 3 N–H and O–H groups in total. The molecule has 0 atom stereocenters. The second-order valence-corrected chi connectivity index (χ2v) is 8.02. The molecule has 0 fully saturated rings. The number of amides is 2. The topological polar surface area (TPSA) is 127 Å². The van der Waals surface area contributed by atoms with Gasteiger partial charge in [0.25, 0.3) is 0 Å². The van der Waals surface area contributed by atoms with Crippen LogP contribution in [-0.2, 0) is 16.0 Å². The summed E-state index contributed by atoms with van der Waals surface area (Å²) in [6, 6.07) is 20.2. The lowest BCUT2D eigenvalue weighted by Gasteiger charge is -2.07. The molecule has 10 nitrogen and oxygen atoms in total. The summed E-state index contributed by atoms with van der Waals surface area (Å²) in [4.78, 5) is 32.0. The molecule has 3 aromatic heterocycles. The van der Waals surface area contributed by atoms with Crippen LogP contribution in [0, 0.1) is 0 Å². The lowest BCUT2D eigenvalue weighted by Crippen LogP contribution is -2.14. The van der Waals surface area contributed by atoms with Crippen LogP contribution < -0.4 is 16.0 Å². The van der Waals surface area contributed by atoms with Gasteiger partial charge < -0.3 is 16.0 Å². The number of hydrogen-bond acceptors (Lipinski definition) is 7. The summed E-state index contributed by atoms with van der Waals surface area (Å²) in [6.45, 7) is 1.45. The van der Waals surface area contributed by atoms with E-state index in [4.69, 9.17) is 0 Å². The summed E-state index contributed by atoms with van der Waals surface area (Å²) in [6.07, 6.45) is 5.18. The molecule has 2 amide bonds. The van der Waals surface area contributed by atoms with E-state index in [9.17, 15) is 9.59 Å². The zero-order chi connectivity index (χ0) is 24.9. The van der Waals surface area contributed by atoms with Gasteiger partial charge in [0.2, 0.25) is 11.8 Å². The number of aromatic nitrogens is 5. The van der Waals surface area contributed by atoms with Crippen LogP contribution in [0.4, 0.5) is 23.0 Å². The van der Waals surface area contributed by atoms with Gasteiger partial charge in [-0.3, -0.25) is 14.2 Å². The first-order valence-electron chi connectivity index (χ1n) is 11.2. The van der Waals surface area contributed by atoms with E-state index in [0.717, 1.165) is 16.5 Å². The molecule has 178 valence electrons. The average Bonchev–Trinajstić information content (AvgIpc) is 3.24. The number of fused-ring (bicyclic) bond motifs is 1. The maximum absolute atomic E-state index is 12.8. The van der Waals surface area contributed by atoms with E-state index in [1.54, 1.807) is 36.5 Å². The standard InChI is InChI=1S/C26H22N8O2/c1-17(35)29-19-6-8-20(9-7-19)30-26(36)14-18-15-34(22-5-3-2-4-21(18)22)25-11-10-24(32-33-25)31-23-12-13-27-16-28-23/h2-13,15-16H,14H2,1H3,(H,29,35)(H,30,36)(H,27,28,31,32). The van der Waals surface area contributed by atoms with E-state index in [2.05, 4.69) is 36.1 Å². The molecule has 0 spiro atoms. The molecule has 5 aromatic rings. The zero-order valence-corrected chi connectivity index (χ0v) is 19.3. The second-order valence-electron chi connectivity index (χ2n) is 8.02. The van der Waals surface area contributed by atoms with Gasteiger partial charge in [0.15, 0.2) is 11.6 Å². The maximum atomic E-state index is 12.8. The number of carbonyl (C=O) groups is 2. The van der Waals surface area contributed by atoms with Gasteiger partial charge in [-0.05, 0) is 54.1 Å². The summed E-state index contributed by atoms with van der Waals surface area (Å²) < 4.78 is 1.92. The first-order chi connectivity index (χ1) is 17.5. The van der Waals surface area contributed by atoms with Crippen molar-refractivity contribution in [3.63, 3.8) is 0 Å². The number of benzene rings is 2. The van der Waals surface area contributed by atoms with Gasteiger partial charge in [-0.2, -0.15) is 0 Å². The molecular formula is C26H22N8O2. The van der Waals surface area contributed by atoms with E-state index in [-0.39, 0.29) is 18.2 Å². The van der Waals surface area contributed by atoms with Crippen molar-refractivity contribution in [1.82, 2.24) is 24.7 Å². The number of anilines is 4. The van der Waals surface area contributed by atoms with Crippen LogP contribution in [0.1, 0.15) is 12.5 Å². The minimum atomic E-state index is -0.152. The number of nitrogens with one attached hydrogen (secondary N) is 3. The first kappa shape index (κ1) is 22.7. The Labute approximate surface area is 206 Å². The Kier molecular flexibility index (Phi) is 6.31. The highest BCUT2D eigenvalue weighted by Crippen LogP contribution is 2.25. The number of carbonyl (C=O) groups excluding carboxylic acids is 2. The Bertz CT molecular complexity index is 1510. The van der Waals surface area contributed by atoms with E-state index >= 15 is 0 Å². The van der Waals surface area contributed by atoms with Crippen molar-refractivity contribution in [1.29, 1.82) is 0 Å². The lowest BCUT2D eigenvalue weighted by molar-refractivity contribution is -0.116. The van der Waals surface area contributed by atoms with Crippen LogP contribution in [0.5, 0.6) is 0 Å². The second kappa shape index (κ2) is 10.0. The SMILES string of the molecule is CC(=O)Nc1ccc(NC(=O)Cc2cn(-c3ccc(Nc4ccncn4)nn3)c3ccccc23)cc1. The quantitative estimate of drug-likeness (QED) is 0.321. The highest BCUT2D eigenvalue weighted by Gasteiger charge is 2.14. The van der Waals surface area contributed by atoms with Gasteiger partial charge in [0, 0.05) is 36.1 Å². The molecule has 5 rings (SSSR count). The van der Waals surface area contributed by atoms with Crippen LogP contribution in [0.15, 0.2) is 85.5 Å². The van der Waals surface area contributed by atoms with Crippen LogP contribution in [0.2, 0.25) is 0 Å². The summed E-state index contributed by atoms with van der Waals surface area (Å²) in [5.41, 5.74) is 3.10. The van der Waals surface area contributed by atoms with Crippen LogP contribution >= 0.6 is 0 Å². The molecule has 0 saturated heterocycles. The molecule has 0 aliphatic carbocycles. The Morgan fingerprint density at radius 2 is 1.64 bits per heavy atom. The summed E-state index contributed by atoms with van der Waals surface area (Å²) in [5, 5.41) is 18.3. The third-order valence-corrected chi connectivity index (χ3v) is 5.37. The highest BCUT2D eigenvalue weighted by atomic mass is 16.2. The van der Waals surface area contributed by atoms with E-state index in [0.29, 0.717) is 28.8 Å². The summed E-state index contributed by atoms with van der Waals surface area (Å²) in [7, 11) is 0. The van der Waals surface area contributed by atoms with Gasteiger partial charge in [-0.25, -0.2) is 9.97 Å². The zero-order valence-electron chi connectivity index (χ0n) is 19.3. The van der Waals surface area contributed by atoms with Gasteiger partial charge in [-0.15, -0.1) is 10.2 Å². The molecule has 0 radical (unpaired) electrons. The van der Waals surface area contributed by atoms with Crippen molar-refractivity contribution in [2.45, 2.75) is 13.3 Å². The van der Waals surface area contributed by atoms with Crippen molar-refractivity contribution in [3.8, 4) is 5.82 Å². The fraction of sp³-hybridized carbons (Fsp3) is 0.0769. The first-order valence-corrected chi connectivity index (χ1v) is 11.2. The molecule has 0 unspecified atom stereocenters. The molecule has 3 heterocycles. The molecule has 10 heteroatoms. The van der Waals surface area contributed by atoms with Crippen LogP contribution in [0.25, 0.3) is 16.7 Å². The fourth-order valence-electron chi connectivity index (χ4n) is 3.82. The molecule has 0 aliphatic heterocycles. The molecule has 0 aliphatic rings. The number of para-hydroxylation sites is 1. The number of hydrogen-bond donors (Lipinski definition) is 3.